The molecule has 1 aliphatic rings. The summed E-state index contributed by atoms with van der Waals surface area (Å²) in [5, 5.41) is 11.0. The molecule has 0 spiro atoms. The van der Waals surface area contributed by atoms with Crippen LogP contribution in [0.5, 0.6) is 0 Å². The molecule has 0 amide bonds. The molecule has 3 heterocycles. The van der Waals surface area contributed by atoms with Gasteiger partial charge in [0.25, 0.3) is 0 Å². The predicted molar refractivity (Wildman–Crippen MR) is 75.6 cm³/mol. The minimum atomic E-state index is 0.224. The molecule has 4 rings (SSSR count). The quantitative estimate of drug-likeness (QED) is 0.740. The highest BCUT2D eigenvalue weighted by Crippen LogP contribution is 2.38. The number of aryl methyl sites for hydroxylation is 1. The molecule has 6 nitrogen and oxygen atoms in total. The molecule has 0 saturated carbocycles. The smallest absolute Gasteiger partial charge is 0.224 e. The van der Waals surface area contributed by atoms with Crippen LogP contribution in [0.15, 0.2) is 24.5 Å². The van der Waals surface area contributed by atoms with Crippen LogP contribution in [-0.4, -0.2) is 32.2 Å². The van der Waals surface area contributed by atoms with Gasteiger partial charge in [-0.15, -0.1) is 0 Å². The molecule has 0 aromatic carbocycles. The Morgan fingerprint density at radius 3 is 3.15 bits per heavy atom. The lowest BCUT2D eigenvalue weighted by Crippen LogP contribution is -2.06. The SMILES string of the molecule is CNc1nc(C2CCc3cccnc32)c2cn[nH]c2n1. The second-order valence-corrected chi connectivity index (χ2v) is 4.95. The Balaban J connectivity index is 1.93. The number of rotatable bonds is 2. The molecule has 1 unspecified atom stereocenters. The van der Waals surface area contributed by atoms with Crippen LogP contribution in [0.25, 0.3) is 11.0 Å². The second-order valence-electron chi connectivity index (χ2n) is 4.95. The fraction of sp³-hybridized carbons (Fsp3) is 0.286. The molecule has 0 fully saturated rings. The van der Waals surface area contributed by atoms with E-state index in [1.54, 1.807) is 6.20 Å². The molecular weight excluding hydrogens is 252 g/mol. The molecule has 3 aromatic rings. The summed E-state index contributed by atoms with van der Waals surface area (Å²) in [4.78, 5) is 13.6. The molecule has 3 aromatic heterocycles. The van der Waals surface area contributed by atoms with Gasteiger partial charge in [0, 0.05) is 19.2 Å². The van der Waals surface area contributed by atoms with Crippen LogP contribution >= 0.6 is 0 Å². The van der Waals surface area contributed by atoms with Crippen molar-refractivity contribution in [2.45, 2.75) is 18.8 Å². The van der Waals surface area contributed by atoms with Crippen molar-refractivity contribution in [1.29, 1.82) is 0 Å². The fourth-order valence-electron chi connectivity index (χ4n) is 2.91. The van der Waals surface area contributed by atoms with Gasteiger partial charge < -0.3 is 5.32 Å². The number of nitrogens with one attached hydrogen (secondary N) is 2. The normalized spacial score (nSPS) is 17.4. The molecule has 1 atom stereocenters. The zero-order valence-corrected chi connectivity index (χ0v) is 11.1. The first kappa shape index (κ1) is 11.3. The van der Waals surface area contributed by atoms with Crippen molar-refractivity contribution in [3.8, 4) is 0 Å². The van der Waals surface area contributed by atoms with E-state index >= 15 is 0 Å². The summed E-state index contributed by atoms with van der Waals surface area (Å²) in [6.07, 6.45) is 5.73. The number of aromatic nitrogens is 5. The zero-order chi connectivity index (χ0) is 13.5. The van der Waals surface area contributed by atoms with Crippen LogP contribution in [0.4, 0.5) is 5.95 Å². The van der Waals surface area contributed by atoms with Gasteiger partial charge >= 0.3 is 0 Å². The lowest BCUT2D eigenvalue weighted by molar-refractivity contribution is 0.752. The highest BCUT2D eigenvalue weighted by Gasteiger charge is 2.28. The van der Waals surface area contributed by atoms with Crippen LogP contribution in [-0.2, 0) is 6.42 Å². The molecule has 100 valence electrons. The van der Waals surface area contributed by atoms with E-state index in [2.05, 4.69) is 36.5 Å². The summed E-state index contributed by atoms with van der Waals surface area (Å²) < 4.78 is 0. The maximum atomic E-state index is 4.65. The average molecular weight is 266 g/mol. The van der Waals surface area contributed by atoms with Crippen molar-refractivity contribution in [3.63, 3.8) is 0 Å². The van der Waals surface area contributed by atoms with E-state index < -0.39 is 0 Å². The molecule has 1 aliphatic carbocycles. The summed E-state index contributed by atoms with van der Waals surface area (Å²) in [5.41, 5.74) is 4.23. The van der Waals surface area contributed by atoms with E-state index in [0.717, 1.165) is 35.3 Å². The van der Waals surface area contributed by atoms with Crippen LogP contribution < -0.4 is 5.32 Å². The molecular formula is C14H14N6. The summed E-state index contributed by atoms with van der Waals surface area (Å²) in [5.74, 6) is 0.836. The van der Waals surface area contributed by atoms with Gasteiger partial charge in [0.1, 0.15) is 0 Å². The van der Waals surface area contributed by atoms with Crippen molar-refractivity contribution in [2.75, 3.05) is 12.4 Å². The number of pyridine rings is 1. The number of anilines is 1. The summed E-state index contributed by atoms with van der Waals surface area (Å²) in [6.45, 7) is 0. The van der Waals surface area contributed by atoms with Crippen molar-refractivity contribution < 1.29 is 0 Å². The van der Waals surface area contributed by atoms with Crippen molar-refractivity contribution in [1.82, 2.24) is 25.1 Å². The van der Waals surface area contributed by atoms with E-state index in [4.69, 9.17) is 0 Å². The molecule has 6 heteroatoms. The summed E-state index contributed by atoms with van der Waals surface area (Å²) in [6, 6.07) is 4.14. The molecule has 0 saturated heterocycles. The number of hydrogen-bond donors (Lipinski definition) is 2. The van der Waals surface area contributed by atoms with Crippen LogP contribution in [0.3, 0.4) is 0 Å². The maximum absolute atomic E-state index is 4.65. The second kappa shape index (κ2) is 4.26. The first-order valence-electron chi connectivity index (χ1n) is 6.69. The molecule has 0 radical (unpaired) electrons. The predicted octanol–water partition coefficient (Wildman–Crippen LogP) is 1.87. The lowest BCUT2D eigenvalue weighted by Gasteiger charge is -2.12. The Hall–Kier alpha value is -2.50. The largest absolute Gasteiger partial charge is 0.357 e. The first-order valence-corrected chi connectivity index (χ1v) is 6.69. The summed E-state index contributed by atoms with van der Waals surface area (Å²) >= 11 is 0. The van der Waals surface area contributed by atoms with E-state index in [9.17, 15) is 0 Å². The highest BCUT2D eigenvalue weighted by atomic mass is 15.2. The van der Waals surface area contributed by atoms with Gasteiger partial charge in [-0.3, -0.25) is 10.1 Å². The van der Waals surface area contributed by atoms with Gasteiger partial charge in [-0.25, -0.2) is 4.98 Å². The number of nitrogens with zero attached hydrogens (tertiary/aromatic N) is 4. The maximum Gasteiger partial charge on any atom is 0.224 e. The van der Waals surface area contributed by atoms with E-state index in [-0.39, 0.29) is 5.92 Å². The third kappa shape index (κ3) is 1.57. The number of H-pyrrole nitrogens is 1. The topological polar surface area (TPSA) is 79.4 Å². The van der Waals surface area contributed by atoms with Gasteiger partial charge in [0.05, 0.1) is 23.0 Å². The number of hydrogen-bond acceptors (Lipinski definition) is 5. The van der Waals surface area contributed by atoms with E-state index in [1.165, 1.54) is 5.56 Å². The first-order chi connectivity index (χ1) is 9.86. The van der Waals surface area contributed by atoms with Gasteiger partial charge in [0.2, 0.25) is 5.95 Å². The van der Waals surface area contributed by atoms with Gasteiger partial charge in [0.15, 0.2) is 5.65 Å². The Labute approximate surface area is 115 Å². The molecule has 20 heavy (non-hydrogen) atoms. The van der Waals surface area contributed by atoms with Crippen LogP contribution in [0.1, 0.15) is 29.3 Å². The monoisotopic (exact) mass is 266 g/mol. The average Bonchev–Trinajstić information content (AvgIpc) is 3.12. The molecule has 0 bridgehead atoms. The number of aromatic amines is 1. The third-order valence-corrected chi connectivity index (χ3v) is 3.85. The van der Waals surface area contributed by atoms with Gasteiger partial charge in [-0.2, -0.15) is 10.1 Å². The van der Waals surface area contributed by atoms with E-state index in [1.807, 2.05) is 19.3 Å². The Morgan fingerprint density at radius 1 is 1.30 bits per heavy atom. The van der Waals surface area contributed by atoms with Crippen molar-refractivity contribution >= 4 is 17.0 Å². The van der Waals surface area contributed by atoms with E-state index in [0.29, 0.717) is 5.95 Å². The standard InChI is InChI=1S/C14H14N6/c1-15-14-18-12(10-7-17-20-13(10)19-14)9-5-4-8-3-2-6-16-11(8)9/h2-3,6-7,9H,4-5H2,1H3,(H2,15,17,18,19,20). The Bertz CT molecular complexity index is 778. The highest BCUT2D eigenvalue weighted by molar-refractivity contribution is 5.79. The minimum Gasteiger partial charge on any atom is -0.357 e. The van der Waals surface area contributed by atoms with Gasteiger partial charge in [-0.05, 0) is 24.5 Å². The number of fused-ring (bicyclic) bond motifs is 2. The molecule has 0 aliphatic heterocycles. The zero-order valence-electron chi connectivity index (χ0n) is 11.1. The Morgan fingerprint density at radius 2 is 2.25 bits per heavy atom. The fourth-order valence-corrected chi connectivity index (χ4v) is 2.91. The van der Waals surface area contributed by atoms with Crippen molar-refractivity contribution in [2.24, 2.45) is 0 Å². The van der Waals surface area contributed by atoms with Crippen molar-refractivity contribution in [3.05, 3.63) is 41.5 Å². The minimum absolute atomic E-state index is 0.224. The summed E-state index contributed by atoms with van der Waals surface area (Å²) in [7, 11) is 1.82. The molecule has 2 N–H and O–H groups in total. The van der Waals surface area contributed by atoms with Gasteiger partial charge in [-0.1, -0.05) is 6.07 Å². The lowest BCUT2D eigenvalue weighted by atomic mass is 10.00. The van der Waals surface area contributed by atoms with Crippen LogP contribution in [0.2, 0.25) is 0 Å². The van der Waals surface area contributed by atoms with Crippen LogP contribution in [0, 0.1) is 0 Å². The Kier molecular flexibility index (Phi) is 2.42. The third-order valence-electron chi connectivity index (χ3n) is 3.85.